The van der Waals surface area contributed by atoms with Crippen molar-refractivity contribution in [3.8, 4) is 0 Å². The molecule has 7 nitrogen and oxygen atoms in total. The summed E-state index contributed by atoms with van der Waals surface area (Å²) in [4.78, 5) is 24.9. The van der Waals surface area contributed by atoms with Gasteiger partial charge in [0.05, 0.1) is 17.5 Å². The lowest BCUT2D eigenvalue weighted by atomic mass is 10.1. The monoisotopic (exact) mass is 422 g/mol. The number of hydrogen-bond donors (Lipinski definition) is 1. The molecule has 1 aliphatic carbocycles. The van der Waals surface area contributed by atoms with Gasteiger partial charge in [-0.05, 0) is 56.9 Å². The van der Waals surface area contributed by atoms with Gasteiger partial charge < -0.3 is 10.1 Å². The molecule has 0 saturated heterocycles. The van der Waals surface area contributed by atoms with Gasteiger partial charge in [0.1, 0.15) is 0 Å². The van der Waals surface area contributed by atoms with Gasteiger partial charge >= 0.3 is 5.97 Å². The van der Waals surface area contributed by atoms with Gasteiger partial charge in [-0.2, -0.15) is 0 Å². The van der Waals surface area contributed by atoms with Crippen LogP contribution in [0.15, 0.2) is 18.2 Å². The van der Waals surface area contributed by atoms with Crippen molar-refractivity contribution < 1.29 is 22.7 Å². The van der Waals surface area contributed by atoms with Crippen molar-refractivity contribution in [2.24, 2.45) is 0 Å². The average molecular weight is 423 g/mol. The zero-order valence-corrected chi connectivity index (χ0v) is 18.1. The minimum atomic E-state index is -3.38. The minimum absolute atomic E-state index is 0.148. The van der Waals surface area contributed by atoms with Crippen LogP contribution in [-0.2, 0) is 26.0 Å². The molecule has 2 atom stereocenters. The van der Waals surface area contributed by atoms with Crippen molar-refractivity contribution in [1.29, 1.82) is 0 Å². The summed E-state index contributed by atoms with van der Waals surface area (Å²) in [5.74, 6) is -0.856. The van der Waals surface area contributed by atoms with Crippen molar-refractivity contribution in [2.45, 2.75) is 77.0 Å². The van der Waals surface area contributed by atoms with Crippen LogP contribution in [0.1, 0.15) is 68.3 Å². The lowest BCUT2D eigenvalue weighted by Crippen LogP contribution is -2.41. The van der Waals surface area contributed by atoms with Gasteiger partial charge in [0.25, 0.3) is 5.91 Å². The second kappa shape index (κ2) is 8.73. The summed E-state index contributed by atoms with van der Waals surface area (Å²) < 4.78 is 30.8. The number of rotatable bonds is 5. The van der Waals surface area contributed by atoms with Gasteiger partial charge in [0.2, 0.25) is 10.0 Å². The number of ether oxygens (including phenoxy) is 1. The fraction of sp³-hybridized carbons (Fsp3) is 0.619. The summed E-state index contributed by atoms with van der Waals surface area (Å²) in [6, 6.07) is 4.79. The van der Waals surface area contributed by atoms with E-state index in [1.165, 1.54) is 23.4 Å². The molecule has 1 fully saturated rings. The number of nitrogens with zero attached hydrogens (tertiary/aromatic N) is 1. The van der Waals surface area contributed by atoms with E-state index in [4.69, 9.17) is 4.74 Å². The van der Waals surface area contributed by atoms with Crippen molar-refractivity contribution in [3.05, 3.63) is 29.3 Å². The topological polar surface area (TPSA) is 92.8 Å². The number of benzene rings is 1. The van der Waals surface area contributed by atoms with Crippen LogP contribution < -0.4 is 9.62 Å². The fourth-order valence-electron chi connectivity index (χ4n) is 4.26. The Morgan fingerprint density at radius 2 is 1.83 bits per heavy atom. The summed E-state index contributed by atoms with van der Waals surface area (Å²) in [6.45, 7) is 3.41. The summed E-state index contributed by atoms with van der Waals surface area (Å²) in [6.07, 6.45) is 7.36. The summed E-state index contributed by atoms with van der Waals surface area (Å²) in [5, 5.41) is 3.00. The minimum Gasteiger partial charge on any atom is -0.449 e. The van der Waals surface area contributed by atoms with Gasteiger partial charge in [-0.3, -0.25) is 9.10 Å². The number of fused-ring (bicyclic) bond motifs is 1. The van der Waals surface area contributed by atoms with Crippen LogP contribution in [0.2, 0.25) is 0 Å². The molecule has 1 aromatic carbocycles. The molecular formula is C21H30N2O5S. The highest BCUT2D eigenvalue weighted by Crippen LogP contribution is 2.34. The molecule has 0 radical (unpaired) electrons. The third-order valence-electron chi connectivity index (χ3n) is 5.68. The van der Waals surface area contributed by atoms with Gasteiger partial charge in [-0.1, -0.05) is 25.7 Å². The Kier molecular flexibility index (Phi) is 6.51. The summed E-state index contributed by atoms with van der Waals surface area (Å²) in [5.41, 5.74) is 1.70. The Hall–Kier alpha value is -2.09. The van der Waals surface area contributed by atoms with Crippen LogP contribution >= 0.6 is 0 Å². The van der Waals surface area contributed by atoms with Gasteiger partial charge in [-0.25, -0.2) is 13.2 Å². The Labute approximate surface area is 172 Å². The van der Waals surface area contributed by atoms with Gasteiger partial charge in [0, 0.05) is 12.1 Å². The van der Waals surface area contributed by atoms with E-state index in [0.29, 0.717) is 17.7 Å². The van der Waals surface area contributed by atoms with E-state index in [2.05, 4.69) is 5.32 Å². The molecule has 1 aliphatic heterocycles. The Morgan fingerprint density at radius 3 is 2.45 bits per heavy atom. The third kappa shape index (κ3) is 5.10. The van der Waals surface area contributed by atoms with Gasteiger partial charge in [0.15, 0.2) is 6.10 Å². The standard InChI is InChI=1S/C21H30N2O5S/c1-14-12-17-13-16(10-11-19(17)23(14)29(3,26)27)21(25)28-15(2)20(24)22-18-8-6-4-5-7-9-18/h10-11,13-15,18H,4-9,12H2,1-3H3,(H,22,24)/t14-,15-/m0/s1. The van der Waals surface area contributed by atoms with Gasteiger partial charge in [-0.15, -0.1) is 0 Å². The largest absolute Gasteiger partial charge is 0.449 e. The fourth-order valence-corrected chi connectivity index (χ4v) is 5.52. The number of nitrogens with one attached hydrogen (secondary N) is 1. The number of esters is 1. The molecule has 0 bridgehead atoms. The molecule has 8 heteroatoms. The molecule has 29 heavy (non-hydrogen) atoms. The van der Waals surface area contributed by atoms with Crippen LogP contribution in [0, 0.1) is 0 Å². The highest BCUT2D eigenvalue weighted by Gasteiger charge is 2.33. The Morgan fingerprint density at radius 1 is 1.17 bits per heavy atom. The van der Waals surface area contributed by atoms with Crippen LogP contribution in [0.25, 0.3) is 0 Å². The number of hydrogen-bond acceptors (Lipinski definition) is 5. The molecule has 1 saturated carbocycles. The Bertz CT molecular complexity index is 875. The third-order valence-corrected chi connectivity index (χ3v) is 6.95. The molecule has 2 aliphatic rings. The van der Waals surface area contributed by atoms with E-state index < -0.39 is 22.1 Å². The first kappa shape index (κ1) is 21.6. The van der Waals surface area contributed by atoms with Crippen molar-refractivity contribution in [2.75, 3.05) is 10.6 Å². The van der Waals surface area contributed by atoms with E-state index in [-0.39, 0.29) is 18.0 Å². The number of carbonyl (C=O) groups excluding carboxylic acids is 2. The number of carbonyl (C=O) groups is 2. The van der Waals surface area contributed by atoms with Crippen LogP contribution in [0.5, 0.6) is 0 Å². The Balaban J connectivity index is 1.64. The lowest BCUT2D eigenvalue weighted by Gasteiger charge is -2.22. The second-order valence-corrected chi connectivity index (χ2v) is 10.1. The maximum absolute atomic E-state index is 12.5. The zero-order chi connectivity index (χ0) is 21.2. The van der Waals surface area contributed by atoms with E-state index in [9.17, 15) is 18.0 Å². The quantitative estimate of drug-likeness (QED) is 0.582. The smallest absolute Gasteiger partial charge is 0.338 e. The number of amides is 1. The second-order valence-electron chi connectivity index (χ2n) is 8.20. The molecule has 160 valence electrons. The molecule has 0 spiro atoms. The first-order valence-electron chi connectivity index (χ1n) is 10.3. The highest BCUT2D eigenvalue weighted by atomic mass is 32.2. The lowest BCUT2D eigenvalue weighted by molar-refractivity contribution is -0.129. The number of sulfonamides is 1. The first-order chi connectivity index (χ1) is 13.7. The molecule has 1 amide bonds. The van der Waals surface area contributed by atoms with Crippen molar-refractivity contribution in [1.82, 2.24) is 5.32 Å². The van der Waals surface area contributed by atoms with Crippen molar-refractivity contribution >= 4 is 27.6 Å². The van der Waals surface area contributed by atoms with E-state index in [0.717, 1.165) is 31.2 Å². The zero-order valence-electron chi connectivity index (χ0n) is 17.3. The van der Waals surface area contributed by atoms with Crippen molar-refractivity contribution in [3.63, 3.8) is 0 Å². The van der Waals surface area contributed by atoms with E-state index in [1.54, 1.807) is 25.1 Å². The van der Waals surface area contributed by atoms with E-state index in [1.807, 2.05) is 6.92 Å². The molecular weight excluding hydrogens is 392 g/mol. The average Bonchev–Trinajstić information content (AvgIpc) is 2.79. The normalized spacial score (nSPS) is 21.2. The first-order valence-corrected chi connectivity index (χ1v) is 12.2. The van der Waals surface area contributed by atoms with Crippen LogP contribution in [0.4, 0.5) is 5.69 Å². The molecule has 3 rings (SSSR count). The maximum atomic E-state index is 12.5. The number of anilines is 1. The highest BCUT2D eigenvalue weighted by molar-refractivity contribution is 7.92. The summed E-state index contributed by atoms with van der Waals surface area (Å²) in [7, 11) is -3.38. The molecule has 1 aromatic rings. The molecule has 1 heterocycles. The summed E-state index contributed by atoms with van der Waals surface area (Å²) >= 11 is 0. The maximum Gasteiger partial charge on any atom is 0.338 e. The van der Waals surface area contributed by atoms with Crippen LogP contribution in [0.3, 0.4) is 0 Å². The van der Waals surface area contributed by atoms with Crippen LogP contribution in [-0.4, -0.2) is 44.7 Å². The molecule has 0 aromatic heterocycles. The SMILES string of the molecule is C[C@H](OC(=O)c1ccc2c(c1)C[C@H](C)N2S(C)(=O)=O)C(=O)NC1CCCCCC1. The predicted octanol–water partition coefficient (Wildman–Crippen LogP) is 2.78. The molecule has 0 unspecified atom stereocenters. The molecule has 1 N–H and O–H groups in total. The predicted molar refractivity (Wildman–Crippen MR) is 111 cm³/mol. The van der Waals surface area contributed by atoms with E-state index >= 15 is 0 Å².